The van der Waals surface area contributed by atoms with Gasteiger partial charge < -0.3 is 10.6 Å². The molecule has 0 saturated carbocycles. The molecule has 2 aliphatic carbocycles. The maximum absolute atomic E-state index is 13.2. The zero-order valence-corrected chi connectivity index (χ0v) is 19.1. The Morgan fingerprint density at radius 2 is 1.13 bits per heavy atom. The fourth-order valence-corrected chi connectivity index (χ4v) is 5.39. The van der Waals surface area contributed by atoms with Crippen LogP contribution in [0.15, 0.2) is 48.5 Å². The number of nitrogens with one attached hydrogen (secondary N) is 2. The maximum atomic E-state index is 13.2. The topological polar surface area (TPSA) is 58.2 Å². The van der Waals surface area contributed by atoms with Crippen LogP contribution < -0.4 is 10.6 Å². The van der Waals surface area contributed by atoms with E-state index in [1.54, 1.807) is 0 Å². The quantitative estimate of drug-likeness (QED) is 0.691. The first-order valence-electron chi connectivity index (χ1n) is 11.4. The molecular weight excluding hydrogens is 384 g/mol. The molecule has 0 heterocycles. The first-order chi connectivity index (χ1) is 14.7. The first kappa shape index (κ1) is 21.6. The SMILES string of the molecule is CC(C)(CC(C)(C)C(=O)NC1CCc2ccccc21)C(=O)NC1CCc2ccccc21. The summed E-state index contributed by atoms with van der Waals surface area (Å²) in [4.78, 5) is 26.4. The third-order valence-electron chi connectivity index (χ3n) is 6.99. The van der Waals surface area contributed by atoms with Crippen LogP contribution >= 0.6 is 0 Å². The fraction of sp³-hybridized carbons (Fsp3) is 0.481. The van der Waals surface area contributed by atoms with E-state index in [0.29, 0.717) is 6.42 Å². The first-order valence-corrected chi connectivity index (χ1v) is 11.4. The van der Waals surface area contributed by atoms with Crippen molar-refractivity contribution in [1.29, 1.82) is 0 Å². The van der Waals surface area contributed by atoms with E-state index in [9.17, 15) is 9.59 Å². The number of hydrogen-bond acceptors (Lipinski definition) is 2. The summed E-state index contributed by atoms with van der Waals surface area (Å²) < 4.78 is 0. The smallest absolute Gasteiger partial charge is 0.226 e. The Morgan fingerprint density at radius 3 is 1.55 bits per heavy atom. The van der Waals surface area contributed by atoms with Gasteiger partial charge in [-0.05, 0) is 54.4 Å². The van der Waals surface area contributed by atoms with Crippen molar-refractivity contribution >= 4 is 11.8 Å². The summed E-state index contributed by atoms with van der Waals surface area (Å²) in [5.41, 5.74) is 3.80. The van der Waals surface area contributed by atoms with Crippen LogP contribution in [0.4, 0.5) is 0 Å². The molecule has 2 aliphatic rings. The number of fused-ring (bicyclic) bond motifs is 2. The van der Waals surface area contributed by atoms with Crippen molar-refractivity contribution in [3.05, 3.63) is 70.8 Å². The van der Waals surface area contributed by atoms with Crippen LogP contribution in [0.25, 0.3) is 0 Å². The number of carbonyl (C=O) groups excluding carboxylic acids is 2. The van der Waals surface area contributed by atoms with Crippen molar-refractivity contribution in [3.8, 4) is 0 Å². The molecule has 0 aliphatic heterocycles. The number of aryl methyl sites for hydroxylation is 2. The lowest BCUT2D eigenvalue weighted by molar-refractivity contribution is -0.136. The van der Waals surface area contributed by atoms with Crippen LogP contribution in [0.2, 0.25) is 0 Å². The van der Waals surface area contributed by atoms with Crippen molar-refractivity contribution in [3.63, 3.8) is 0 Å². The molecule has 0 saturated heterocycles. The normalized spacial score (nSPS) is 20.1. The van der Waals surface area contributed by atoms with Gasteiger partial charge in [-0.25, -0.2) is 0 Å². The van der Waals surface area contributed by atoms with Gasteiger partial charge in [0.2, 0.25) is 11.8 Å². The molecular formula is C27H34N2O2. The molecule has 0 fully saturated rings. The van der Waals surface area contributed by atoms with Crippen LogP contribution in [0.5, 0.6) is 0 Å². The molecule has 2 aromatic rings. The molecule has 0 spiro atoms. The minimum atomic E-state index is -0.647. The Balaban J connectivity index is 1.39. The predicted molar refractivity (Wildman–Crippen MR) is 123 cm³/mol. The summed E-state index contributed by atoms with van der Waals surface area (Å²) >= 11 is 0. The number of benzene rings is 2. The highest BCUT2D eigenvalue weighted by Gasteiger charge is 2.41. The molecule has 2 unspecified atom stereocenters. The van der Waals surface area contributed by atoms with E-state index in [4.69, 9.17) is 0 Å². The van der Waals surface area contributed by atoms with Gasteiger partial charge in [0.1, 0.15) is 0 Å². The van der Waals surface area contributed by atoms with Crippen molar-refractivity contribution < 1.29 is 9.59 Å². The standard InChI is InChI=1S/C27H34N2O2/c1-26(2,24(30)28-22-15-13-18-9-5-7-11-20(18)22)17-27(3,4)25(31)29-23-16-14-19-10-6-8-12-21(19)23/h5-12,22-23H,13-17H2,1-4H3,(H,28,30)(H,29,31). The summed E-state index contributed by atoms with van der Waals surface area (Å²) in [6.45, 7) is 7.79. The van der Waals surface area contributed by atoms with Gasteiger partial charge in [0.25, 0.3) is 0 Å². The van der Waals surface area contributed by atoms with Gasteiger partial charge >= 0.3 is 0 Å². The second kappa shape index (κ2) is 8.14. The van der Waals surface area contributed by atoms with Gasteiger partial charge in [0.15, 0.2) is 0 Å². The molecule has 4 nitrogen and oxygen atoms in total. The minimum absolute atomic E-state index is 0.0151. The van der Waals surface area contributed by atoms with Crippen molar-refractivity contribution in [2.45, 2.75) is 71.9 Å². The van der Waals surface area contributed by atoms with Crippen LogP contribution in [0.1, 0.15) is 81.3 Å². The largest absolute Gasteiger partial charge is 0.349 e. The molecule has 4 heteroatoms. The molecule has 2 aromatic carbocycles. The van der Waals surface area contributed by atoms with Crippen molar-refractivity contribution in [1.82, 2.24) is 10.6 Å². The highest BCUT2D eigenvalue weighted by atomic mass is 16.2. The summed E-state index contributed by atoms with van der Waals surface area (Å²) in [5.74, 6) is 0.0302. The van der Waals surface area contributed by atoms with Gasteiger partial charge in [-0.3, -0.25) is 9.59 Å². The Kier molecular flexibility index (Phi) is 5.67. The molecule has 2 amide bonds. The monoisotopic (exact) mass is 418 g/mol. The Hall–Kier alpha value is -2.62. The molecule has 0 radical (unpaired) electrons. The minimum Gasteiger partial charge on any atom is -0.349 e. The van der Waals surface area contributed by atoms with Gasteiger partial charge in [-0.1, -0.05) is 76.2 Å². The average molecular weight is 419 g/mol. The highest BCUT2D eigenvalue weighted by Crippen LogP contribution is 2.38. The van der Waals surface area contributed by atoms with E-state index >= 15 is 0 Å². The second-order valence-corrected chi connectivity index (χ2v) is 10.5. The molecule has 2 N–H and O–H groups in total. The van der Waals surface area contributed by atoms with E-state index in [0.717, 1.165) is 25.7 Å². The highest BCUT2D eigenvalue weighted by molar-refractivity contribution is 5.86. The number of carbonyl (C=O) groups is 2. The number of hydrogen-bond donors (Lipinski definition) is 2. The lowest BCUT2D eigenvalue weighted by atomic mass is 9.73. The van der Waals surface area contributed by atoms with Gasteiger partial charge in [-0.2, -0.15) is 0 Å². The summed E-state index contributed by atoms with van der Waals surface area (Å²) in [5, 5.41) is 6.50. The van der Waals surface area contributed by atoms with E-state index in [-0.39, 0.29) is 23.9 Å². The fourth-order valence-electron chi connectivity index (χ4n) is 5.39. The van der Waals surface area contributed by atoms with E-state index in [1.807, 2.05) is 39.8 Å². The molecule has 0 bridgehead atoms. The van der Waals surface area contributed by atoms with E-state index in [1.165, 1.54) is 22.3 Å². The molecule has 0 aromatic heterocycles. The Morgan fingerprint density at radius 1 is 0.742 bits per heavy atom. The summed E-state index contributed by atoms with van der Waals surface area (Å²) in [6.07, 6.45) is 4.36. The summed E-state index contributed by atoms with van der Waals surface area (Å²) in [6, 6.07) is 16.8. The zero-order valence-electron chi connectivity index (χ0n) is 19.1. The molecule has 2 atom stereocenters. The average Bonchev–Trinajstić information content (AvgIpc) is 3.32. The van der Waals surface area contributed by atoms with Crippen LogP contribution in [-0.2, 0) is 22.4 Å². The lowest BCUT2D eigenvalue weighted by Gasteiger charge is -2.34. The Bertz CT molecular complexity index is 913. The van der Waals surface area contributed by atoms with Crippen molar-refractivity contribution in [2.75, 3.05) is 0 Å². The lowest BCUT2D eigenvalue weighted by Crippen LogP contribution is -2.46. The maximum Gasteiger partial charge on any atom is 0.226 e. The van der Waals surface area contributed by atoms with Crippen molar-refractivity contribution in [2.24, 2.45) is 10.8 Å². The van der Waals surface area contributed by atoms with Gasteiger partial charge in [-0.15, -0.1) is 0 Å². The molecule has 164 valence electrons. The third kappa shape index (κ3) is 4.39. The van der Waals surface area contributed by atoms with Gasteiger partial charge in [0, 0.05) is 10.8 Å². The van der Waals surface area contributed by atoms with Crippen LogP contribution in [-0.4, -0.2) is 11.8 Å². The molecule has 31 heavy (non-hydrogen) atoms. The van der Waals surface area contributed by atoms with E-state index in [2.05, 4.69) is 47.0 Å². The van der Waals surface area contributed by atoms with Gasteiger partial charge in [0.05, 0.1) is 12.1 Å². The van der Waals surface area contributed by atoms with Crippen LogP contribution in [0.3, 0.4) is 0 Å². The number of rotatable bonds is 6. The van der Waals surface area contributed by atoms with E-state index < -0.39 is 10.8 Å². The second-order valence-electron chi connectivity index (χ2n) is 10.5. The Labute approximate surface area is 185 Å². The zero-order chi connectivity index (χ0) is 22.2. The number of amides is 2. The molecule has 4 rings (SSSR count). The summed E-state index contributed by atoms with van der Waals surface area (Å²) in [7, 11) is 0. The third-order valence-corrected chi connectivity index (χ3v) is 6.99. The predicted octanol–water partition coefficient (Wildman–Crippen LogP) is 5.04. The van der Waals surface area contributed by atoms with Crippen LogP contribution in [0, 0.1) is 10.8 Å².